The van der Waals surface area contributed by atoms with Crippen molar-refractivity contribution in [2.45, 2.75) is 30.5 Å². The number of hydrogen-bond acceptors (Lipinski definition) is 3. The Bertz CT molecular complexity index is 602. The fraction of sp³-hybridized carbons (Fsp3) is 0.286. The van der Waals surface area contributed by atoms with E-state index in [2.05, 4.69) is 4.98 Å². The number of carbonyl (C=O) groups is 1. The number of fused-ring (bicyclic) bond motifs is 1. The third kappa shape index (κ3) is 2.82. The molecule has 1 aromatic heterocycles. The van der Waals surface area contributed by atoms with Gasteiger partial charge in [0, 0.05) is 10.1 Å². The first kappa shape index (κ1) is 12.9. The van der Waals surface area contributed by atoms with Crippen LogP contribution in [0.15, 0.2) is 35.4 Å². The van der Waals surface area contributed by atoms with Gasteiger partial charge in [0.05, 0.1) is 11.1 Å². The summed E-state index contributed by atoms with van der Waals surface area (Å²) in [6.45, 7) is 6.13. The number of thioether (sulfide) groups is 1. The number of pyridine rings is 1. The number of aromatic carboxylic acids is 1. The standard InChI is InChI=1S/C14H15NO2S/c1-14(2,3)18-12-10(13(16)17)8-9-6-4-5-7-11(9)15-12/h4-8H,1-3H3,(H,16,17). The maximum absolute atomic E-state index is 11.3. The molecule has 0 radical (unpaired) electrons. The van der Waals surface area contributed by atoms with Gasteiger partial charge in [-0.1, -0.05) is 50.7 Å². The van der Waals surface area contributed by atoms with Gasteiger partial charge in [0.25, 0.3) is 0 Å². The fourth-order valence-corrected chi connectivity index (χ4v) is 2.60. The highest BCUT2D eigenvalue weighted by atomic mass is 32.2. The average molecular weight is 261 g/mol. The quantitative estimate of drug-likeness (QED) is 0.835. The second kappa shape index (κ2) is 4.61. The van der Waals surface area contributed by atoms with E-state index < -0.39 is 5.97 Å². The van der Waals surface area contributed by atoms with Crippen LogP contribution in [-0.4, -0.2) is 20.8 Å². The summed E-state index contributed by atoms with van der Waals surface area (Å²) in [6.07, 6.45) is 0. The average Bonchev–Trinajstić information content (AvgIpc) is 2.25. The number of aromatic nitrogens is 1. The first-order chi connectivity index (χ1) is 8.37. The predicted molar refractivity (Wildman–Crippen MR) is 74.3 cm³/mol. The minimum atomic E-state index is -0.931. The molecule has 0 fully saturated rings. The predicted octanol–water partition coefficient (Wildman–Crippen LogP) is 3.82. The van der Waals surface area contributed by atoms with Crippen molar-refractivity contribution in [2.75, 3.05) is 0 Å². The molecule has 0 amide bonds. The molecular formula is C14H15NO2S. The Hall–Kier alpha value is -1.55. The molecular weight excluding hydrogens is 246 g/mol. The van der Waals surface area contributed by atoms with Crippen molar-refractivity contribution < 1.29 is 9.90 Å². The molecule has 4 heteroatoms. The van der Waals surface area contributed by atoms with Gasteiger partial charge in [0.1, 0.15) is 5.03 Å². The van der Waals surface area contributed by atoms with E-state index in [0.29, 0.717) is 5.03 Å². The number of benzene rings is 1. The van der Waals surface area contributed by atoms with Crippen LogP contribution in [0.25, 0.3) is 10.9 Å². The van der Waals surface area contributed by atoms with Crippen LogP contribution in [-0.2, 0) is 0 Å². The number of para-hydroxylation sites is 1. The first-order valence-electron chi connectivity index (χ1n) is 5.69. The molecule has 3 nitrogen and oxygen atoms in total. The van der Waals surface area contributed by atoms with Crippen molar-refractivity contribution in [2.24, 2.45) is 0 Å². The van der Waals surface area contributed by atoms with E-state index in [1.54, 1.807) is 6.07 Å². The first-order valence-corrected chi connectivity index (χ1v) is 6.50. The van der Waals surface area contributed by atoms with Crippen LogP contribution >= 0.6 is 11.8 Å². The number of nitrogens with zero attached hydrogens (tertiary/aromatic N) is 1. The van der Waals surface area contributed by atoms with E-state index in [9.17, 15) is 9.90 Å². The van der Waals surface area contributed by atoms with Crippen LogP contribution in [0.2, 0.25) is 0 Å². The molecule has 2 aromatic rings. The van der Waals surface area contributed by atoms with E-state index in [4.69, 9.17) is 0 Å². The number of rotatable bonds is 2. The zero-order chi connectivity index (χ0) is 13.3. The van der Waals surface area contributed by atoms with Gasteiger partial charge in [-0.25, -0.2) is 9.78 Å². The van der Waals surface area contributed by atoms with Crippen molar-refractivity contribution in [3.05, 3.63) is 35.9 Å². The van der Waals surface area contributed by atoms with E-state index in [1.165, 1.54) is 11.8 Å². The lowest BCUT2D eigenvalue weighted by Crippen LogP contribution is -2.10. The highest BCUT2D eigenvalue weighted by molar-refractivity contribution is 8.00. The summed E-state index contributed by atoms with van der Waals surface area (Å²) in [4.78, 5) is 15.8. The zero-order valence-electron chi connectivity index (χ0n) is 10.6. The highest BCUT2D eigenvalue weighted by Crippen LogP contribution is 2.34. The topological polar surface area (TPSA) is 50.2 Å². The molecule has 0 saturated carbocycles. The number of hydrogen-bond donors (Lipinski definition) is 1. The van der Waals surface area contributed by atoms with E-state index in [0.717, 1.165) is 10.9 Å². The Kier molecular flexibility index (Phi) is 3.30. The van der Waals surface area contributed by atoms with Crippen molar-refractivity contribution in [1.29, 1.82) is 0 Å². The van der Waals surface area contributed by atoms with E-state index >= 15 is 0 Å². The van der Waals surface area contributed by atoms with Crippen molar-refractivity contribution in [1.82, 2.24) is 4.98 Å². The van der Waals surface area contributed by atoms with Crippen LogP contribution < -0.4 is 0 Å². The molecule has 1 heterocycles. The molecule has 0 aliphatic carbocycles. The van der Waals surface area contributed by atoms with Gasteiger partial charge >= 0.3 is 5.97 Å². The zero-order valence-corrected chi connectivity index (χ0v) is 11.4. The van der Waals surface area contributed by atoms with Gasteiger partial charge in [0.2, 0.25) is 0 Å². The van der Waals surface area contributed by atoms with Crippen molar-refractivity contribution in [3.8, 4) is 0 Å². The Labute approximate surface area is 110 Å². The maximum atomic E-state index is 11.3. The molecule has 2 rings (SSSR count). The van der Waals surface area contributed by atoms with Crippen LogP contribution in [0.3, 0.4) is 0 Å². The van der Waals surface area contributed by atoms with Gasteiger partial charge in [-0.3, -0.25) is 0 Å². The largest absolute Gasteiger partial charge is 0.478 e. The molecule has 0 saturated heterocycles. The fourth-order valence-electron chi connectivity index (χ4n) is 1.62. The van der Waals surface area contributed by atoms with Crippen molar-refractivity contribution >= 4 is 28.6 Å². The van der Waals surface area contributed by atoms with Crippen LogP contribution in [0.4, 0.5) is 0 Å². The van der Waals surface area contributed by atoms with Gasteiger partial charge in [-0.15, -0.1) is 0 Å². The lowest BCUT2D eigenvalue weighted by molar-refractivity contribution is 0.0692. The number of carboxylic acid groups (broad SMARTS) is 1. The van der Waals surface area contributed by atoms with Gasteiger partial charge in [0.15, 0.2) is 0 Å². The smallest absolute Gasteiger partial charge is 0.338 e. The van der Waals surface area contributed by atoms with E-state index in [-0.39, 0.29) is 10.3 Å². The Balaban J connectivity index is 2.61. The molecule has 0 aliphatic rings. The van der Waals surface area contributed by atoms with Crippen molar-refractivity contribution in [3.63, 3.8) is 0 Å². The van der Waals surface area contributed by atoms with Gasteiger partial charge in [-0.05, 0) is 12.1 Å². The van der Waals surface area contributed by atoms with Gasteiger partial charge in [-0.2, -0.15) is 0 Å². The molecule has 1 aromatic carbocycles. The normalized spacial score (nSPS) is 11.7. The molecule has 94 valence electrons. The Morgan fingerprint density at radius 2 is 1.94 bits per heavy atom. The molecule has 0 spiro atoms. The molecule has 18 heavy (non-hydrogen) atoms. The molecule has 0 unspecified atom stereocenters. The highest BCUT2D eigenvalue weighted by Gasteiger charge is 2.20. The van der Waals surface area contributed by atoms with E-state index in [1.807, 2.05) is 45.0 Å². The van der Waals surface area contributed by atoms with Crippen LogP contribution in [0.5, 0.6) is 0 Å². The summed E-state index contributed by atoms with van der Waals surface area (Å²) < 4.78 is -0.0698. The molecule has 1 N–H and O–H groups in total. The molecule has 0 atom stereocenters. The third-order valence-electron chi connectivity index (χ3n) is 2.32. The molecule has 0 aliphatic heterocycles. The van der Waals surface area contributed by atoms with Crippen LogP contribution in [0, 0.1) is 0 Å². The second-order valence-corrected chi connectivity index (χ2v) is 6.87. The Morgan fingerprint density at radius 3 is 2.56 bits per heavy atom. The monoisotopic (exact) mass is 261 g/mol. The summed E-state index contributed by atoms with van der Waals surface area (Å²) in [6, 6.07) is 9.25. The lowest BCUT2D eigenvalue weighted by Gasteiger charge is -2.18. The summed E-state index contributed by atoms with van der Waals surface area (Å²) in [5, 5.41) is 10.7. The molecule has 0 bridgehead atoms. The maximum Gasteiger partial charge on any atom is 0.338 e. The summed E-state index contributed by atoms with van der Waals surface area (Å²) >= 11 is 1.48. The van der Waals surface area contributed by atoms with Gasteiger partial charge < -0.3 is 5.11 Å². The second-order valence-electron chi connectivity index (χ2n) is 5.05. The summed E-state index contributed by atoms with van der Waals surface area (Å²) in [7, 11) is 0. The Morgan fingerprint density at radius 1 is 1.28 bits per heavy atom. The SMILES string of the molecule is CC(C)(C)Sc1nc2ccccc2cc1C(=O)O. The summed E-state index contributed by atoms with van der Waals surface area (Å²) in [5.74, 6) is -0.931. The third-order valence-corrected chi connectivity index (χ3v) is 3.44. The minimum Gasteiger partial charge on any atom is -0.478 e. The minimum absolute atomic E-state index is 0.0698. The number of carboxylic acids is 1. The lowest BCUT2D eigenvalue weighted by atomic mass is 10.1. The van der Waals surface area contributed by atoms with Crippen LogP contribution in [0.1, 0.15) is 31.1 Å². The summed E-state index contributed by atoms with van der Waals surface area (Å²) in [5.41, 5.74) is 1.10.